The average Bonchev–Trinajstić information content (AvgIpc) is 2.79. The molecule has 0 aliphatic heterocycles. The van der Waals surface area contributed by atoms with Gasteiger partial charge >= 0.3 is 0 Å². The molecule has 1 amide bonds. The Kier molecular flexibility index (Phi) is 8.42. The molecule has 8 heteroatoms. The first-order valence-electron chi connectivity index (χ1n) is 9.68. The molecule has 0 aromatic heterocycles. The number of carbonyl (C=O) groups is 1. The summed E-state index contributed by atoms with van der Waals surface area (Å²) in [5.74, 6) is 0.792. The van der Waals surface area contributed by atoms with E-state index in [0.29, 0.717) is 44.8 Å². The van der Waals surface area contributed by atoms with Crippen molar-refractivity contribution in [3.63, 3.8) is 0 Å². The molecule has 0 unspecified atom stereocenters. The van der Waals surface area contributed by atoms with Gasteiger partial charge in [-0.3, -0.25) is 4.79 Å². The topological polar surface area (TPSA) is 83.7 Å². The van der Waals surface area contributed by atoms with Crippen molar-refractivity contribution in [1.29, 1.82) is 5.26 Å². The van der Waals surface area contributed by atoms with Gasteiger partial charge in [-0.25, -0.2) is 5.43 Å². The molecule has 6 nitrogen and oxygen atoms in total. The van der Waals surface area contributed by atoms with Crippen LogP contribution >= 0.6 is 31.9 Å². The lowest BCUT2D eigenvalue weighted by atomic mass is 10.1. The number of nitrogens with one attached hydrogen (secondary N) is 1. The highest BCUT2D eigenvalue weighted by Gasteiger charge is 2.13. The highest BCUT2D eigenvalue weighted by Crippen LogP contribution is 2.37. The molecule has 0 fully saturated rings. The first kappa shape index (κ1) is 23.5. The van der Waals surface area contributed by atoms with Crippen LogP contribution in [0.15, 0.2) is 74.7 Å². The van der Waals surface area contributed by atoms with E-state index in [-0.39, 0.29) is 5.91 Å². The summed E-state index contributed by atoms with van der Waals surface area (Å²) < 4.78 is 13.1. The van der Waals surface area contributed by atoms with Crippen LogP contribution < -0.4 is 14.9 Å². The fourth-order valence-corrected chi connectivity index (χ4v) is 3.81. The van der Waals surface area contributed by atoms with Gasteiger partial charge in [0.1, 0.15) is 6.61 Å². The number of rotatable bonds is 8. The number of carbonyl (C=O) groups excluding carboxylic acids is 1. The monoisotopic (exact) mass is 555 g/mol. The van der Waals surface area contributed by atoms with Gasteiger partial charge in [0, 0.05) is 4.47 Å². The second-order valence-corrected chi connectivity index (χ2v) is 8.25. The predicted molar refractivity (Wildman–Crippen MR) is 130 cm³/mol. The third kappa shape index (κ3) is 6.19. The Morgan fingerprint density at radius 2 is 1.84 bits per heavy atom. The molecule has 0 atom stereocenters. The summed E-state index contributed by atoms with van der Waals surface area (Å²) in [6.07, 6.45) is 1.53. The van der Waals surface area contributed by atoms with E-state index in [4.69, 9.17) is 14.7 Å². The largest absolute Gasteiger partial charge is 0.490 e. The lowest BCUT2D eigenvalue weighted by Crippen LogP contribution is -2.18. The quantitative estimate of drug-likeness (QED) is 0.280. The third-order valence-corrected chi connectivity index (χ3v) is 5.58. The summed E-state index contributed by atoms with van der Waals surface area (Å²) in [5.41, 5.74) is 5.26. The molecule has 0 heterocycles. The zero-order valence-corrected chi connectivity index (χ0v) is 20.3. The van der Waals surface area contributed by atoms with Crippen molar-refractivity contribution in [2.45, 2.75) is 13.5 Å². The minimum atomic E-state index is -0.319. The molecule has 0 saturated carbocycles. The highest BCUT2D eigenvalue weighted by atomic mass is 79.9. The van der Waals surface area contributed by atoms with Crippen LogP contribution in [-0.4, -0.2) is 18.7 Å². The number of benzene rings is 3. The van der Waals surface area contributed by atoms with Crippen molar-refractivity contribution in [2.24, 2.45) is 5.10 Å². The minimum absolute atomic E-state index is 0.319. The van der Waals surface area contributed by atoms with Gasteiger partial charge in [0.25, 0.3) is 5.91 Å². The van der Waals surface area contributed by atoms with Gasteiger partial charge in [0.15, 0.2) is 11.5 Å². The van der Waals surface area contributed by atoms with Crippen molar-refractivity contribution in [1.82, 2.24) is 5.43 Å². The standard InChI is InChI=1S/C24H19Br2N3O3/c1-2-31-22-12-18(14-28-29-24(30)19-5-3-4-6-20(19)25)11-21(26)23(22)32-15-17-9-7-16(13-27)8-10-17/h3-12,14H,2,15H2,1H3,(H,29,30)/b28-14+. The first-order chi connectivity index (χ1) is 15.5. The Labute approximate surface area is 203 Å². The number of hydrogen-bond acceptors (Lipinski definition) is 5. The summed E-state index contributed by atoms with van der Waals surface area (Å²) in [4.78, 5) is 12.3. The minimum Gasteiger partial charge on any atom is -0.490 e. The lowest BCUT2D eigenvalue weighted by Gasteiger charge is -2.14. The fraction of sp³-hybridized carbons (Fsp3) is 0.125. The summed E-state index contributed by atoms with van der Waals surface area (Å²) in [6, 6.07) is 20.0. The summed E-state index contributed by atoms with van der Waals surface area (Å²) in [5, 5.41) is 13.0. The molecule has 0 spiro atoms. The zero-order valence-electron chi connectivity index (χ0n) is 17.1. The molecule has 3 aromatic rings. The second kappa shape index (κ2) is 11.5. The molecule has 0 bridgehead atoms. The molecule has 162 valence electrons. The summed E-state index contributed by atoms with van der Waals surface area (Å²) in [7, 11) is 0. The van der Waals surface area contributed by atoms with E-state index < -0.39 is 0 Å². The van der Waals surface area contributed by atoms with E-state index in [9.17, 15) is 4.79 Å². The van der Waals surface area contributed by atoms with Crippen molar-refractivity contribution >= 4 is 44.0 Å². The molecule has 3 rings (SSSR count). The normalized spacial score (nSPS) is 10.6. The number of amides is 1. The van der Waals surface area contributed by atoms with Crippen LogP contribution in [0.2, 0.25) is 0 Å². The molecule has 0 aliphatic rings. The first-order valence-corrected chi connectivity index (χ1v) is 11.3. The summed E-state index contributed by atoms with van der Waals surface area (Å²) >= 11 is 6.88. The Bertz CT molecular complexity index is 1170. The van der Waals surface area contributed by atoms with Crippen molar-refractivity contribution in [3.8, 4) is 17.6 Å². The highest BCUT2D eigenvalue weighted by molar-refractivity contribution is 9.10. The fourth-order valence-electron chi connectivity index (χ4n) is 2.77. The molecular weight excluding hydrogens is 538 g/mol. The smallest absolute Gasteiger partial charge is 0.272 e. The average molecular weight is 557 g/mol. The lowest BCUT2D eigenvalue weighted by molar-refractivity contribution is 0.0954. The molecule has 0 aliphatic carbocycles. The Morgan fingerprint density at radius 1 is 1.09 bits per heavy atom. The van der Waals surface area contributed by atoms with E-state index in [1.807, 2.05) is 31.2 Å². The van der Waals surface area contributed by atoms with Gasteiger partial charge in [-0.05, 0) is 86.3 Å². The molecular formula is C24H19Br2N3O3. The van der Waals surface area contributed by atoms with E-state index in [2.05, 4.69) is 48.5 Å². The summed E-state index contributed by atoms with van der Waals surface area (Å²) in [6.45, 7) is 2.66. The maximum atomic E-state index is 12.3. The second-order valence-electron chi connectivity index (χ2n) is 6.54. The van der Waals surface area contributed by atoms with Gasteiger partial charge in [-0.1, -0.05) is 24.3 Å². The number of hydrogen-bond donors (Lipinski definition) is 1. The Balaban J connectivity index is 1.72. The molecule has 0 radical (unpaired) electrons. The van der Waals surface area contributed by atoms with Gasteiger partial charge in [-0.2, -0.15) is 10.4 Å². The van der Waals surface area contributed by atoms with Crippen LogP contribution in [0.25, 0.3) is 0 Å². The zero-order chi connectivity index (χ0) is 22.9. The van der Waals surface area contributed by atoms with Crippen LogP contribution in [0.5, 0.6) is 11.5 Å². The van der Waals surface area contributed by atoms with Crippen molar-refractivity contribution in [3.05, 3.63) is 91.9 Å². The van der Waals surface area contributed by atoms with E-state index in [1.54, 1.807) is 36.4 Å². The third-order valence-electron chi connectivity index (χ3n) is 4.30. The molecule has 3 aromatic carbocycles. The maximum absolute atomic E-state index is 12.3. The predicted octanol–water partition coefficient (Wildman–Crippen LogP) is 5.82. The van der Waals surface area contributed by atoms with E-state index in [1.165, 1.54) is 6.21 Å². The van der Waals surface area contributed by atoms with Gasteiger partial charge in [0.2, 0.25) is 0 Å². The van der Waals surface area contributed by atoms with Gasteiger partial charge < -0.3 is 9.47 Å². The van der Waals surface area contributed by atoms with Crippen LogP contribution in [0.3, 0.4) is 0 Å². The molecule has 32 heavy (non-hydrogen) atoms. The van der Waals surface area contributed by atoms with Crippen LogP contribution in [0.1, 0.15) is 34.0 Å². The van der Waals surface area contributed by atoms with Crippen LogP contribution in [0.4, 0.5) is 0 Å². The molecule has 1 N–H and O–H groups in total. The van der Waals surface area contributed by atoms with Gasteiger partial charge in [-0.15, -0.1) is 0 Å². The Morgan fingerprint density at radius 3 is 2.53 bits per heavy atom. The van der Waals surface area contributed by atoms with E-state index in [0.717, 1.165) is 11.1 Å². The molecule has 0 saturated heterocycles. The van der Waals surface area contributed by atoms with Gasteiger partial charge in [0.05, 0.1) is 34.5 Å². The van der Waals surface area contributed by atoms with E-state index >= 15 is 0 Å². The number of halogens is 2. The van der Waals surface area contributed by atoms with Crippen molar-refractivity contribution < 1.29 is 14.3 Å². The van der Waals surface area contributed by atoms with Crippen LogP contribution in [0, 0.1) is 11.3 Å². The Hall–Kier alpha value is -3.15. The maximum Gasteiger partial charge on any atom is 0.272 e. The number of ether oxygens (including phenoxy) is 2. The number of nitrogens with zero attached hydrogens (tertiary/aromatic N) is 2. The number of hydrazone groups is 1. The SMILES string of the molecule is CCOc1cc(/C=N/NC(=O)c2ccccc2Br)cc(Br)c1OCc1ccc(C#N)cc1. The van der Waals surface area contributed by atoms with Crippen LogP contribution in [-0.2, 0) is 6.61 Å². The van der Waals surface area contributed by atoms with Crippen molar-refractivity contribution in [2.75, 3.05) is 6.61 Å². The number of nitriles is 1.